The molecule has 0 saturated carbocycles. The van der Waals surface area contributed by atoms with E-state index >= 15 is 0 Å². The number of hydrogen-bond donors (Lipinski definition) is 3. The molecule has 1 atom stereocenters. The maximum atomic E-state index is 10.5. The van der Waals surface area contributed by atoms with Gasteiger partial charge < -0.3 is 15.5 Å². The molecule has 6 nitrogen and oxygen atoms in total. The van der Waals surface area contributed by atoms with Crippen LogP contribution in [0.5, 0.6) is 0 Å². The first-order valence-electron chi connectivity index (χ1n) is 4.07. The molecule has 3 N–H and O–H groups in total. The number of aromatic carboxylic acids is 1. The maximum Gasteiger partial charge on any atom is 0.356 e. The van der Waals surface area contributed by atoms with Crippen molar-refractivity contribution in [3.63, 3.8) is 0 Å². The maximum absolute atomic E-state index is 10.5. The first-order valence-corrected chi connectivity index (χ1v) is 4.07. The summed E-state index contributed by atoms with van der Waals surface area (Å²) in [5, 5.41) is 20.3. The number of carboxylic acid groups (broad SMARTS) is 1. The lowest BCUT2D eigenvalue weighted by Gasteiger charge is -2.06. The van der Waals surface area contributed by atoms with Crippen LogP contribution >= 0.6 is 0 Å². The Bertz CT molecular complexity index is 327. The Labute approximate surface area is 80.6 Å². The molecule has 0 aromatic carbocycles. The molecule has 1 aromatic heterocycles. The zero-order valence-corrected chi connectivity index (χ0v) is 7.64. The summed E-state index contributed by atoms with van der Waals surface area (Å²) in [4.78, 5) is 18.0. The molecule has 14 heavy (non-hydrogen) atoms. The lowest BCUT2D eigenvalue weighted by atomic mass is 10.4. The minimum Gasteiger partial charge on any atom is -0.476 e. The fourth-order valence-electron chi connectivity index (χ4n) is 0.806. The van der Waals surface area contributed by atoms with Crippen molar-refractivity contribution >= 4 is 11.8 Å². The minimum atomic E-state index is -1.13. The van der Waals surface area contributed by atoms with Crippen molar-refractivity contribution in [3.05, 3.63) is 18.1 Å². The molecule has 0 spiro atoms. The Balaban J connectivity index is 2.69. The van der Waals surface area contributed by atoms with E-state index in [1.165, 1.54) is 6.20 Å². The zero-order chi connectivity index (χ0) is 10.6. The van der Waals surface area contributed by atoms with E-state index in [1.807, 2.05) is 0 Å². The molecule has 1 unspecified atom stereocenters. The molecule has 0 radical (unpaired) electrons. The molecular formula is C8H11N3O3. The second-order valence-corrected chi connectivity index (χ2v) is 2.82. The van der Waals surface area contributed by atoms with Crippen LogP contribution in [0.1, 0.15) is 17.4 Å². The number of nitrogens with zero attached hydrogens (tertiary/aromatic N) is 2. The van der Waals surface area contributed by atoms with Crippen molar-refractivity contribution in [2.75, 3.05) is 11.9 Å². The second-order valence-electron chi connectivity index (χ2n) is 2.82. The van der Waals surface area contributed by atoms with E-state index in [4.69, 9.17) is 10.2 Å². The Morgan fingerprint density at radius 2 is 2.36 bits per heavy atom. The average Bonchev–Trinajstić information content (AvgIpc) is 2.15. The first-order chi connectivity index (χ1) is 6.59. The van der Waals surface area contributed by atoms with Gasteiger partial charge in [-0.1, -0.05) is 0 Å². The van der Waals surface area contributed by atoms with E-state index in [2.05, 4.69) is 15.3 Å². The number of carbonyl (C=O) groups is 1. The summed E-state index contributed by atoms with van der Waals surface area (Å²) in [7, 11) is 0. The molecule has 6 heteroatoms. The summed E-state index contributed by atoms with van der Waals surface area (Å²) in [5.74, 6) is -0.788. The first kappa shape index (κ1) is 10.4. The number of hydrogen-bond acceptors (Lipinski definition) is 5. The number of aliphatic hydroxyl groups excluding tert-OH is 1. The highest BCUT2D eigenvalue weighted by molar-refractivity contribution is 5.85. The average molecular weight is 197 g/mol. The number of rotatable bonds is 4. The second kappa shape index (κ2) is 4.52. The number of carboxylic acids is 1. The quantitative estimate of drug-likeness (QED) is 0.627. The van der Waals surface area contributed by atoms with Gasteiger partial charge in [0.15, 0.2) is 5.69 Å². The highest BCUT2D eigenvalue weighted by Crippen LogP contribution is 2.01. The standard InChI is InChI=1S/C8H11N3O3/c1-5(12)2-10-7-4-9-3-6(11-7)8(13)14/h3-5,12H,2H2,1H3,(H,10,11)(H,13,14). The molecule has 1 heterocycles. The van der Waals surface area contributed by atoms with Gasteiger partial charge in [-0.05, 0) is 6.92 Å². The van der Waals surface area contributed by atoms with E-state index in [0.717, 1.165) is 6.20 Å². The highest BCUT2D eigenvalue weighted by Gasteiger charge is 2.05. The summed E-state index contributed by atoms with van der Waals surface area (Å²) >= 11 is 0. The van der Waals surface area contributed by atoms with E-state index in [1.54, 1.807) is 6.92 Å². The summed E-state index contributed by atoms with van der Waals surface area (Å²) in [6, 6.07) is 0. The Morgan fingerprint density at radius 1 is 1.64 bits per heavy atom. The van der Waals surface area contributed by atoms with E-state index in [-0.39, 0.29) is 5.69 Å². The van der Waals surface area contributed by atoms with Gasteiger partial charge in [0.2, 0.25) is 0 Å². The van der Waals surface area contributed by atoms with Crippen LogP contribution in [0.15, 0.2) is 12.4 Å². The minimum absolute atomic E-state index is 0.124. The van der Waals surface area contributed by atoms with Gasteiger partial charge in [-0.15, -0.1) is 0 Å². The zero-order valence-electron chi connectivity index (χ0n) is 7.64. The Kier molecular flexibility index (Phi) is 3.35. The topological polar surface area (TPSA) is 95.3 Å². The molecule has 0 aliphatic carbocycles. The van der Waals surface area contributed by atoms with Crippen LogP contribution in [0.2, 0.25) is 0 Å². The van der Waals surface area contributed by atoms with Gasteiger partial charge in [0.25, 0.3) is 0 Å². The van der Waals surface area contributed by atoms with Gasteiger partial charge in [0.05, 0.1) is 18.5 Å². The van der Waals surface area contributed by atoms with Crippen LogP contribution in [0, 0.1) is 0 Å². The molecule has 76 valence electrons. The molecule has 0 aliphatic heterocycles. The molecule has 0 bridgehead atoms. The molecule has 0 saturated heterocycles. The number of nitrogens with one attached hydrogen (secondary N) is 1. The SMILES string of the molecule is CC(O)CNc1cncc(C(=O)O)n1. The van der Waals surface area contributed by atoms with Crippen molar-refractivity contribution < 1.29 is 15.0 Å². The molecule has 1 aromatic rings. The van der Waals surface area contributed by atoms with Crippen molar-refractivity contribution in [1.82, 2.24) is 9.97 Å². The van der Waals surface area contributed by atoms with E-state index < -0.39 is 12.1 Å². The summed E-state index contributed by atoms with van der Waals surface area (Å²) in [6.07, 6.45) is 2.04. The van der Waals surface area contributed by atoms with Crippen molar-refractivity contribution in [3.8, 4) is 0 Å². The molecule has 0 amide bonds. The summed E-state index contributed by atoms with van der Waals surface area (Å²) in [5.41, 5.74) is -0.124. The van der Waals surface area contributed by atoms with E-state index in [9.17, 15) is 4.79 Å². The Hall–Kier alpha value is -1.69. The molecular weight excluding hydrogens is 186 g/mol. The van der Waals surface area contributed by atoms with Gasteiger partial charge in [0, 0.05) is 6.54 Å². The lowest BCUT2D eigenvalue weighted by molar-refractivity contribution is 0.0690. The fourth-order valence-corrected chi connectivity index (χ4v) is 0.806. The third-order valence-corrected chi connectivity index (χ3v) is 1.43. The van der Waals surface area contributed by atoms with Crippen LogP contribution in [0.3, 0.4) is 0 Å². The van der Waals surface area contributed by atoms with Crippen LogP contribution < -0.4 is 5.32 Å². The monoisotopic (exact) mass is 197 g/mol. The Morgan fingerprint density at radius 3 is 2.93 bits per heavy atom. The highest BCUT2D eigenvalue weighted by atomic mass is 16.4. The van der Waals surface area contributed by atoms with Crippen LogP contribution in [0.25, 0.3) is 0 Å². The van der Waals surface area contributed by atoms with Gasteiger partial charge in [-0.2, -0.15) is 0 Å². The van der Waals surface area contributed by atoms with Crippen molar-refractivity contribution in [1.29, 1.82) is 0 Å². The van der Waals surface area contributed by atoms with Gasteiger partial charge >= 0.3 is 5.97 Å². The normalized spacial score (nSPS) is 12.1. The third kappa shape index (κ3) is 2.98. The van der Waals surface area contributed by atoms with Crippen LogP contribution in [-0.4, -0.2) is 38.8 Å². The largest absolute Gasteiger partial charge is 0.476 e. The number of aliphatic hydroxyl groups is 1. The van der Waals surface area contributed by atoms with Gasteiger partial charge in [-0.3, -0.25) is 4.98 Å². The van der Waals surface area contributed by atoms with Crippen molar-refractivity contribution in [2.24, 2.45) is 0 Å². The van der Waals surface area contributed by atoms with Gasteiger partial charge in [-0.25, -0.2) is 9.78 Å². The smallest absolute Gasteiger partial charge is 0.356 e. The number of aromatic nitrogens is 2. The van der Waals surface area contributed by atoms with Gasteiger partial charge in [0.1, 0.15) is 5.82 Å². The summed E-state index contributed by atoms with van der Waals surface area (Å²) < 4.78 is 0. The predicted octanol–water partition coefficient (Wildman–Crippen LogP) is -0.0325. The molecule has 1 rings (SSSR count). The molecule has 0 aliphatic rings. The summed E-state index contributed by atoms with van der Waals surface area (Å²) in [6.45, 7) is 1.92. The predicted molar refractivity (Wildman–Crippen MR) is 49.2 cm³/mol. The lowest BCUT2D eigenvalue weighted by Crippen LogP contribution is -2.17. The van der Waals surface area contributed by atoms with Crippen molar-refractivity contribution in [2.45, 2.75) is 13.0 Å². The third-order valence-electron chi connectivity index (χ3n) is 1.43. The van der Waals surface area contributed by atoms with Crippen LogP contribution in [-0.2, 0) is 0 Å². The fraction of sp³-hybridized carbons (Fsp3) is 0.375. The number of anilines is 1. The molecule has 0 fully saturated rings. The van der Waals surface area contributed by atoms with Crippen LogP contribution in [0.4, 0.5) is 5.82 Å². The van der Waals surface area contributed by atoms with E-state index in [0.29, 0.717) is 12.4 Å².